The normalized spacial score (nSPS) is 31.4. The van der Waals surface area contributed by atoms with Gasteiger partial charge in [0.1, 0.15) is 4.75 Å². The summed E-state index contributed by atoms with van der Waals surface area (Å²) in [6.07, 6.45) is 8.96. The van der Waals surface area contributed by atoms with Crippen LogP contribution < -0.4 is 0 Å². The van der Waals surface area contributed by atoms with Gasteiger partial charge in [0, 0.05) is 10.7 Å². The quantitative estimate of drug-likeness (QED) is 0.739. The summed E-state index contributed by atoms with van der Waals surface area (Å²) in [5, 5.41) is 10.2. The van der Waals surface area contributed by atoms with Crippen LogP contribution in [0.5, 0.6) is 0 Å². The minimum absolute atomic E-state index is 0.0498. The Bertz CT molecular complexity index is 304. The van der Waals surface area contributed by atoms with Crippen LogP contribution in [0.2, 0.25) is 0 Å². The highest BCUT2D eigenvalue weighted by atomic mass is 32.2. The number of nitrogens with zero attached hydrogens (tertiary/aromatic N) is 1. The molecule has 0 unspecified atom stereocenters. The lowest BCUT2D eigenvalue weighted by molar-refractivity contribution is -0.162. The second-order valence-corrected chi connectivity index (χ2v) is 7.51. The number of ether oxygens (including phenoxy) is 1. The summed E-state index contributed by atoms with van der Waals surface area (Å²) < 4.78 is 5.24. The highest BCUT2D eigenvalue weighted by Gasteiger charge is 2.59. The number of hydrogen-bond donors (Lipinski definition) is 0. The Kier molecular flexibility index (Phi) is 2.68. The Hall–Kier alpha value is -0.200. The standard InChI is InChI=1S/C13H19NOS/c14-8-13(6-12(7-13)9-15-10-12)16-11-4-2-1-3-5-11/h11H,1-7,9-10H2. The molecule has 0 N–H and O–H groups in total. The van der Waals surface area contributed by atoms with Crippen molar-refractivity contribution in [2.45, 2.75) is 54.9 Å². The predicted octanol–water partition coefficient (Wildman–Crippen LogP) is 3.13. The van der Waals surface area contributed by atoms with Gasteiger partial charge in [-0.3, -0.25) is 0 Å². The summed E-state index contributed by atoms with van der Waals surface area (Å²) in [4.78, 5) is 0. The lowest BCUT2D eigenvalue weighted by Gasteiger charge is -2.57. The van der Waals surface area contributed by atoms with E-state index in [4.69, 9.17) is 4.74 Å². The van der Waals surface area contributed by atoms with Crippen LogP contribution in [0.15, 0.2) is 0 Å². The van der Waals surface area contributed by atoms with Crippen LogP contribution in [0.3, 0.4) is 0 Å². The third kappa shape index (κ3) is 1.76. The average molecular weight is 237 g/mol. The van der Waals surface area contributed by atoms with E-state index in [0.717, 1.165) is 31.3 Å². The van der Waals surface area contributed by atoms with Crippen molar-refractivity contribution in [3.8, 4) is 6.07 Å². The van der Waals surface area contributed by atoms with E-state index in [0.29, 0.717) is 5.41 Å². The minimum atomic E-state index is -0.0498. The average Bonchev–Trinajstić information content (AvgIpc) is 2.22. The molecule has 3 rings (SSSR count). The highest BCUT2D eigenvalue weighted by molar-refractivity contribution is 8.01. The van der Waals surface area contributed by atoms with E-state index in [9.17, 15) is 5.26 Å². The van der Waals surface area contributed by atoms with Gasteiger partial charge < -0.3 is 4.74 Å². The lowest BCUT2D eigenvalue weighted by Crippen LogP contribution is -2.59. The Morgan fingerprint density at radius 3 is 2.31 bits per heavy atom. The second kappa shape index (κ2) is 3.92. The maximum atomic E-state index is 9.41. The highest BCUT2D eigenvalue weighted by Crippen LogP contribution is 2.60. The molecule has 3 heteroatoms. The molecule has 1 heterocycles. The molecule has 16 heavy (non-hydrogen) atoms. The first-order chi connectivity index (χ1) is 7.76. The molecular weight excluding hydrogens is 218 g/mol. The summed E-state index contributed by atoms with van der Waals surface area (Å²) in [5.74, 6) is 0. The van der Waals surface area contributed by atoms with Gasteiger partial charge in [0.15, 0.2) is 0 Å². The molecule has 2 saturated carbocycles. The maximum Gasteiger partial charge on any atom is 0.104 e. The maximum absolute atomic E-state index is 9.41. The molecule has 2 nitrogen and oxygen atoms in total. The molecular formula is C13H19NOS. The van der Waals surface area contributed by atoms with Gasteiger partial charge in [0.05, 0.1) is 19.3 Å². The summed E-state index contributed by atoms with van der Waals surface area (Å²) in [6.45, 7) is 1.81. The molecule has 1 saturated heterocycles. The van der Waals surface area contributed by atoms with Crippen LogP contribution in [0.25, 0.3) is 0 Å². The zero-order valence-electron chi connectivity index (χ0n) is 9.71. The molecule has 0 bridgehead atoms. The van der Waals surface area contributed by atoms with E-state index in [-0.39, 0.29) is 4.75 Å². The molecule has 88 valence electrons. The second-order valence-electron chi connectivity index (χ2n) is 5.83. The van der Waals surface area contributed by atoms with E-state index < -0.39 is 0 Å². The summed E-state index contributed by atoms with van der Waals surface area (Å²) in [5.41, 5.74) is 0.414. The van der Waals surface area contributed by atoms with Crippen molar-refractivity contribution in [2.75, 3.05) is 13.2 Å². The lowest BCUT2D eigenvalue weighted by atomic mass is 9.60. The van der Waals surface area contributed by atoms with Gasteiger partial charge in [-0.25, -0.2) is 0 Å². The zero-order chi connectivity index (χ0) is 11.1. The fourth-order valence-corrected chi connectivity index (χ4v) is 5.48. The van der Waals surface area contributed by atoms with Gasteiger partial charge in [-0.15, -0.1) is 11.8 Å². The van der Waals surface area contributed by atoms with E-state index in [1.165, 1.54) is 32.1 Å². The molecule has 3 fully saturated rings. The van der Waals surface area contributed by atoms with Crippen LogP contribution in [-0.2, 0) is 4.74 Å². The molecule has 2 aliphatic carbocycles. The first-order valence-electron chi connectivity index (χ1n) is 6.43. The Balaban J connectivity index is 1.58. The van der Waals surface area contributed by atoms with Gasteiger partial charge in [-0.1, -0.05) is 19.3 Å². The largest absolute Gasteiger partial charge is 0.380 e. The number of hydrogen-bond acceptors (Lipinski definition) is 3. The first-order valence-corrected chi connectivity index (χ1v) is 7.31. The van der Waals surface area contributed by atoms with Crippen molar-refractivity contribution in [1.29, 1.82) is 5.26 Å². The van der Waals surface area contributed by atoms with E-state index in [1.54, 1.807) is 0 Å². The van der Waals surface area contributed by atoms with Gasteiger partial charge >= 0.3 is 0 Å². The van der Waals surface area contributed by atoms with Crippen molar-refractivity contribution in [3.63, 3.8) is 0 Å². The van der Waals surface area contributed by atoms with Crippen LogP contribution >= 0.6 is 11.8 Å². The van der Waals surface area contributed by atoms with Crippen LogP contribution in [0.4, 0.5) is 0 Å². The Morgan fingerprint density at radius 2 is 1.81 bits per heavy atom. The smallest absolute Gasteiger partial charge is 0.104 e. The molecule has 0 aromatic carbocycles. The van der Waals surface area contributed by atoms with Crippen molar-refractivity contribution >= 4 is 11.8 Å². The summed E-state index contributed by atoms with van der Waals surface area (Å²) >= 11 is 1.99. The fraction of sp³-hybridized carbons (Fsp3) is 0.923. The van der Waals surface area contributed by atoms with Crippen molar-refractivity contribution < 1.29 is 4.74 Å². The van der Waals surface area contributed by atoms with Crippen LogP contribution in [-0.4, -0.2) is 23.2 Å². The third-order valence-corrected chi connectivity index (χ3v) is 5.92. The van der Waals surface area contributed by atoms with Crippen molar-refractivity contribution in [3.05, 3.63) is 0 Å². The van der Waals surface area contributed by atoms with Gasteiger partial charge in [-0.2, -0.15) is 5.26 Å². The van der Waals surface area contributed by atoms with Gasteiger partial charge in [0.25, 0.3) is 0 Å². The first kappa shape index (κ1) is 10.9. The van der Waals surface area contributed by atoms with Crippen molar-refractivity contribution in [1.82, 2.24) is 0 Å². The Labute approximate surface area is 102 Å². The number of thioether (sulfide) groups is 1. The molecule has 0 aromatic rings. The summed E-state index contributed by atoms with van der Waals surface area (Å²) in [7, 11) is 0. The van der Waals surface area contributed by atoms with Gasteiger partial charge in [0.2, 0.25) is 0 Å². The molecule has 0 atom stereocenters. The van der Waals surface area contributed by atoms with Crippen LogP contribution in [0, 0.1) is 16.7 Å². The minimum Gasteiger partial charge on any atom is -0.380 e. The number of nitriles is 1. The monoisotopic (exact) mass is 237 g/mol. The molecule has 0 aromatic heterocycles. The molecule has 0 radical (unpaired) electrons. The molecule has 0 amide bonds. The van der Waals surface area contributed by atoms with E-state index in [1.807, 2.05) is 11.8 Å². The van der Waals surface area contributed by atoms with E-state index >= 15 is 0 Å². The fourth-order valence-electron chi connectivity index (χ4n) is 3.45. The predicted molar refractivity (Wildman–Crippen MR) is 65.3 cm³/mol. The Morgan fingerprint density at radius 1 is 1.12 bits per heavy atom. The summed E-state index contributed by atoms with van der Waals surface area (Å²) in [6, 6.07) is 2.59. The number of rotatable bonds is 2. The zero-order valence-corrected chi connectivity index (χ0v) is 10.5. The van der Waals surface area contributed by atoms with Crippen molar-refractivity contribution in [2.24, 2.45) is 5.41 Å². The molecule has 1 spiro atoms. The van der Waals surface area contributed by atoms with Gasteiger partial charge in [-0.05, 0) is 25.7 Å². The third-order valence-electron chi connectivity index (χ3n) is 4.29. The molecule has 3 aliphatic rings. The SMILES string of the molecule is N#CC1(SC2CCCCC2)CC2(COC2)C1. The topological polar surface area (TPSA) is 33.0 Å². The van der Waals surface area contributed by atoms with E-state index in [2.05, 4.69) is 6.07 Å². The molecule has 1 aliphatic heterocycles. The van der Waals surface area contributed by atoms with Crippen LogP contribution in [0.1, 0.15) is 44.9 Å².